The Bertz CT molecular complexity index is 161. The van der Waals surface area contributed by atoms with Gasteiger partial charge in [-0.1, -0.05) is 25.7 Å². The minimum Gasteiger partial charge on any atom is -0.383 e. The minimum atomic E-state index is -1.12. The molecule has 0 aromatic rings. The van der Waals surface area contributed by atoms with Gasteiger partial charge in [0, 0.05) is 6.42 Å². The molecular weight excluding hydrogens is 152 g/mol. The van der Waals surface area contributed by atoms with Crippen molar-refractivity contribution < 1.29 is 9.90 Å². The molecule has 1 saturated carbocycles. The van der Waals surface area contributed by atoms with Crippen LogP contribution in [0.25, 0.3) is 0 Å². The first-order chi connectivity index (χ1) is 5.50. The summed E-state index contributed by atoms with van der Waals surface area (Å²) >= 11 is 0. The number of carbonyl (C=O) groups is 1. The highest BCUT2D eigenvalue weighted by Gasteiger charge is 2.27. The van der Waals surface area contributed by atoms with E-state index in [9.17, 15) is 9.90 Å². The van der Waals surface area contributed by atoms with Crippen LogP contribution in [0.4, 0.5) is 0 Å². The molecule has 0 amide bonds. The smallest absolute Gasteiger partial charge is 0.164 e. The van der Waals surface area contributed by atoms with E-state index in [1.54, 1.807) is 13.8 Å². The van der Waals surface area contributed by atoms with Gasteiger partial charge < -0.3 is 5.11 Å². The molecule has 0 spiro atoms. The van der Waals surface area contributed by atoms with Crippen molar-refractivity contribution in [1.29, 1.82) is 0 Å². The summed E-state index contributed by atoms with van der Waals surface area (Å²) in [6.45, 7) is 3.15. The van der Waals surface area contributed by atoms with E-state index in [0.717, 1.165) is 0 Å². The van der Waals surface area contributed by atoms with Gasteiger partial charge in [-0.25, -0.2) is 0 Å². The van der Waals surface area contributed by atoms with Crippen LogP contribution in [-0.4, -0.2) is 16.5 Å². The van der Waals surface area contributed by atoms with Crippen LogP contribution in [-0.2, 0) is 4.79 Å². The first kappa shape index (κ1) is 9.72. The van der Waals surface area contributed by atoms with Crippen molar-refractivity contribution in [3.05, 3.63) is 0 Å². The Morgan fingerprint density at radius 2 is 1.92 bits per heavy atom. The van der Waals surface area contributed by atoms with Crippen LogP contribution in [0.15, 0.2) is 0 Å². The molecule has 2 nitrogen and oxygen atoms in total. The molecule has 2 heteroatoms. The van der Waals surface area contributed by atoms with E-state index >= 15 is 0 Å². The Kier molecular flexibility index (Phi) is 2.89. The molecule has 1 aliphatic rings. The SMILES string of the molecule is CC(C)(O)C(=O)CC1CCCC1. The summed E-state index contributed by atoms with van der Waals surface area (Å²) in [4.78, 5) is 11.4. The molecule has 0 aromatic carbocycles. The van der Waals surface area contributed by atoms with Gasteiger partial charge in [-0.2, -0.15) is 0 Å². The summed E-state index contributed by atoms with van der Waals surface area (Å²) in [5, 5.41) is 9.40. The number of hydrogen-bond acceptors (Lipinski definition) is 2. The predicted octanol–water partition coefficient (Wildman–Crippen LogP) is 1.91. The highest BCUT2D eigenvalue weighted by molar-refractivity contribution is 5.86. The zero-order chi connectivity index (χ0) is 9.19. The fourth-order valence-corrected chi connectivity index (χ4v) is 1.73. The van der Waals surface area contributed by atoms with Crippen molar-refractivity contribution in [3.8, 4) is 0 Å². The molecule has 1 aliphatic carbocycles. The van der Waals surface area contributed by atoms with Crippen molar-refractivity contribution in [2.75, 3.05) is 0 Å². The maximum atomic E-state index is 11.4. The zero-order valence-corrected chi connectivity index (χ0v) is 7.97. The van der Waals surface area contributed by atoms with Crippen LogP contribution in [0.2, 0.25) is 0 Å². The van der Waals surface area contributed by atoms with Crippen LogP contribution in [0.3, 0.4) is 0 Å². The van der Waals surface area contributed by atoms with Crippen LogP contribution in [0.1, 0.15) is 46.0 Å². The van der Waals surface area contributed by atoms with E-state index in [1.165, 1.54) is 25.7 Å². The van der Waals surface area contributed by atoms with E-state index in [1.807, 2.05) is 0 Å². The minimum absolute atomic E-state index is 0.00519. The molecule has 0 bridgehead atoms. The second kappa shape index (κ2) is 3.56. The average molecular weight is 170 g/mol. The highest BCUT2D eigenvalue weighted by Crippen LogP contribution is 2.28. The third-order valence-electron chi connectivity index (χ3n) is 2.63. The van der Waals surface area contributed by atoms with Gasteiger partial charge in [0.1, 0.15) is 5.60 Å². The third-order valence-corrected chi connectivity index (χ3v) is 2.63. The van der Waals surface area contributed by atoms with Crippen LogP contribution < -0.4 is 0 Å². The maximum Gasteiger partial charge on any atom is 0.164 e. The Balaban J connectivity index is 2.35. The molecule has 0 aromatic heterocycles. The molecule has 70 valence electrons. The second-order valence-corrected chi connectivity index (χ2v) is 4.34. The van der Waals surface area contributed by atoms with Crippen molar-refractivity contribution in [1.82, 2.24) is 0 Å². The first-order valence-corrected chi connectivity index (χ1v) is 4.76. The van der Waals surface area contributed by atoms with Crippen LogP contribution in [0.5, 0.6) is 0 Å². The molecule has 0 unspecified atom stereocenters. The molecule has 1 N–H and O–H groups in total. The van der Waals surface area contributed by atoms with Crippen molar-refractivity contribution in [3.63, 3.8) is 0 Å². The van der Waals surface area contributed by atoms with E-state index in [0.29, 0.717) is 12.3 Å². The number of ketones is 1. The summed E-state index contributed by atoms with van der Waals surface area (Å²) < 4.78 is 0. The summed E-state index contributed by atoms with van der Waals surface area (Å²) in [5.41, 5.74) is -1.12. The van der Waals surface area contributed by atoms with Crippen molar-refractivity contribution in [2.24, 2.45) is 5.92 Å². The van der Waals surface area contributed by atoms with Crippen molar-refractivity contribution in [2.45, 2.75) is 51.6 Å². The first-order valence-electron chi connectivity index (χ1n) is 4.76. The van der Waals surface area contributed by atoms with Crippen LogP contribution >= 0.6 is 0 Å². The molecule has 0 radical (unpaired) electrons. The number of aliphatic hydroxyl groups is 1. The lowest BCUT2D eigenvalue weighted by atomic mass is 9.93. The van der Waals surface area contributed by atoms with Gasteiger partial charge in [-0.05, 0) is 19.8 Å². The monoisotopic (exact) mass is 170 g/mol. The molecule has 1 rings (SSSR count). The van der Waals surface area contributed by atoms with Crippen LogP contribution in [0, 0.1) is 5.92 Å². The van der Waals surface area contributed by atoms with E-state index < -0.39 is 5.60 Å². The van der Waals surface area contributed by atoms with Crippen molar-refractivity contribution >= 4 is 5.78 Å². The molecular formula is C10H18O2. The molecule has 0 aliphatic heterocycles. The zero-order valence-electron chi connectivity index (χ0n) is 7.97. The Hall–Kier alpha value is -0.370. The lowest BCUT2D eigenvalue weighted by Crippen LogP contribution is -2.32. The van der Waals surface area contributed by atoms with Gasteiger partial charge in [-0.15, -0.1) is 0 Å². The lowest BCUT2D eigenvalue weighted by Gasteiger charge is -2.17. The maximum absolute atomic E-state index is 11.4. The second-order valence-electron chi connectivity index (χ2n) is 4.34. The molecule has 1 fully saturated rings. The number of hydrogen-bond donors (Lipinski definition) is 1. The normalized spacial score (nSPS) is 19.9. The summed E-state index contributed by atoms with van der Waals surface area (Å²) in [5.74, 6) is 0.540. The summed E-state index contributed by atoms with van der Waals surface area (Å²) in [6, 6.07) is 0. The average Bonchev–Trinajstić information content (AvgIpc) is 2.37. The van der Waals surface area contributed by atoms with Gasteiger partial charge in [0.2, 0.25) is 0 Å². The quantitative estimate of drug-likeness (QED) is 0.702. The fourth-order valence-electron chi connectivity index (χ4n) is 1.73. The lowest BCUT2D eigenvalue weighted by molar-refractivity contribution is -0.135. The standard InChI is InChI=1S/C10H18O2/c1-10(2,12)9(11)7-8-5-3-4-6-8/h8,12H,3-7H2,1-2H3. The highest BCUT2D eigenvalue weighted by atomic mass is 16.3. The van der Waals surface area contributed by atoms with E-state index in [-0.39, 0.29) is 5.78 Å². The topological polar surface area (TPSA) is 37.3 Å². The molecule has 0 heterocycles. The van der Waals surface area contributed by atoms with E-state index in [2.05, 4.69) is 0 Å². The summed E-state index contributed by atoms with van der Waals surface area (Å²) in [6.07, 6.45) is 5.42. The van der Waals surface area contributed by atoms with Gasteiger partial charge in [0.25, 0.3) is 0 Å². The Morgan fingerprint density at radius 3 is 2.33 bits per heavy atom. The molecule has 0 atom stereocenters. The third kappa shape index (κ3) is 2.59. The summed E-state index contributed by atoms with van der Waals surface area (Å²) in [7, 11) is 0. The predicted molar refractivity (Wildman–Crippen MR) is 47.9 cm³/mol. The van der Waals surface area contributed by atoms with Gasteiger partial charge in [-0.3, -0.25) is 4.79 Å². The number of rotatable bonds is 3. The van der Waals surface area contributed by atoms with Gasteiger partial charge in [0.05, 0.1) is 0 Å². The molecule has 0 saturated heterocycles. The largest absolute Gasteiger partial charge is 0.383 e. The Labute approximate surface area is 74.0 Å². The number of Topliss-reactive ketones (excluding diaryl/α,β-unsaturated/α-hetero) is 1. The fraction of sp³-hybridized carbons (Fsp3) is 0.900. The Morgan fingerprint density at radius 1 is 1.42 bits per heavy atom. The molecule has 12 heavy (non-hydrogen) atoms. The van der Waals surface area contributed by atoms with Gasteiger partial charge in [0.15, 0.2) is 5.78 Å². The van der Waals surface area contributed by atoms with E-state index in [4.69, 9.17) is 0 Å². The van der Waals surface area contributed by atoms with Gasteiger partial charge >= 0.3 is 0 Å². The number of carbonyl (C=O) groups excluding carboxylic acids is 1.